The van der Waals surface area contributed by atoms with E-state index in [4.69, 9.17) is 5.11 Å². The van der Waals surface area contributed by atoms with Crippen molar-refractivity contribution in [3.63, 3.8) is 0 Å². The van der Waals surface area contributed by atoms with Gasteiger partial charge in [0.15, 0.2) is 0 Å². The van der Waals surface area contributed by atoms with E-state index in [1.807, 2.05) is 0 Å². The SMILES string of the molecule is COC(=O)CNC1CCCCC1CO. The highest BCUT2D eigenvalue weighted by Crippen LogP contribution is 2.23. The first-order valence-electron chi connectivity index (χ1n) is 5.19. The van der Waals surface area contributed by atoms with Crippen LogP contribution < -0.4 is 5.32 Å². The second-order valence-electron chi connectivity index (χ2n) is 3.79. The van der Waals surface area contributed by atoms with Crippen molar-refractivity contribution < 1.29 is 14.6 Å². The van der Waals surface area contributed by atoms with Crippen LogP contribution in [0.25, 0.3) is 0 Å². The van der Waals surface area contributed by atoms with Crippen molar-refractivity contribution in [1.29, 1.82) is 0 Å². The summed E-state index contributed by atoms with van der Waals surface area (Å²) in [5.74, 6) is 0.0562. The third-order valence-corrected chi connectivity index (χ3v) is 2.88. The van der Waals surface area contributed by atoms with Gasteiger partial charge in [0.05, 0.1) is 13.7 Å². The number of esters is 1. The standard InChI is InChI=1S/C10H19NO3/c1-14-10(13)6-11-9-5-3-2-4-8(9)7-12/h8-9,11-12H,2-7H2,1H3. The predicted molar refractivity (Wildman–Crippen MR) is 52.9 cm³/mol. The maximum atomic E-state index is 10.9. The quantitative estimate of drug-likeness (QED) is 0.642. The molecule has 0 saturated heterocycles. The molecular formula is C10H19NO3. The van der Waals surface area contributed by atoms with Gasteiger partial charge in [-0.1, -0.05) is 12.8 Å². The Morgan fingerprint density at radius 3 is 2.86 bits per heavy atom. The molecule has 1 rings (SSSR count). The molecule has 82 valence electrons. The molecule has 0 aromatic heterocycles. The molecule has 0 aliphatic heterocycles. The lowest BCUT2D eigenvalue weighted by Gasteiger charge is -2.30. The molecule has 1 fully saturated rings. The van der Waals surface area contributed by atoms with Gasteiger partial charge in [-0.2, -0.15) is 0 Å². The molecule has 2 atom stereocenters. The zero-order valence-electron chi connectivity index (χ0n) is 8.66. The molecule has 2 N–H and O–H groups in total. The summed E-state index contributed by atoms with van der Waals surface area (Å²) in [5, 5.41) is 12.3. The molecule has 1 saturated carbocycles. The van der Waals surface area contributed by atoms with E-state index in [0.717, 1.165) is 12.8 Å². The summed E-state index contributed by atoms with van der Waals surface area (Å²) in [5.41, 5.74) is 0. The number of ether oxygens (including phenoxy) is 1. The van der Waals surface area contributed by atoms with E-state index in [2.05, 4.69) is 10.1 Å². The van der Waals surface area contributed by atoms with Gasteiger partial charge in [-0.15, -0.1) is 0 Å². The average molecular weight is 201 g/mol. The van der Waals surface area contributed by atoms with Crippen LogP contribution >= 0.6 is 0 Å². The van der Waals surface area contributed by atoms with Crippen molar-refractivity contribution in [2.45, 2.75) is 31.7 Å². The number of carbonyl (C=O) groups excluding carboxylic acids is 1. The Morgan fingerprint density at radius 1 is 1.50 bits per heavy atom. The van der Waals surface area contributed by atoms with Crippen LogP contribution in [0.5, 0.6) is 0 Å². The number of hydrogen-bond acceptors (Lipinski definition) is 4. The lowest BCUT2D eigenvalue weighted by molar-refractivity contribution is -0.139. The Hall–Kier alpha value is -0.610. The summed E-state index contributed by atoms with van der Waals surface area (Å²) in [7, 11) is 1.38. The normalized spacial score (nSPS) is 27.3. The van der Waals surface area contributed by atoms with Crippen LogP contribution in [0.15, 0.2) is 0 Å². The highest BCUT2D eigenvalue weighted by atomic mass is 16.5. The third-order valence-electron chi connectivity index (χ3n) is 2.88. The van der Waals surface area contributed by atoms with Gasteiger partial charge in [-0.05, 0) is 18.8 Å². The highest BCUT2D eigenvalue weighted by Gasteiger charge is 2.24. The fraction of sp³-hybridized carbons (Fsp3) is 0.900. The second-order valence-corrected chi connectivity index (χ2v) is 3.79. The minimum absolute atomic E-state index is 0.207. The summed E-state index contributed by atoms with van der Waals surface area (Å²) < 4.78 is 4.55. The molecule has 0 bridgehead atoms. The Kier molecular flexibility index (Phi) is 4.90. The van der Waals surface area contributed by atoms with E-state index in [-0.39, 0.29) is 25.2 Å². The Bertz CT molecular complexity index is 184. The summed E-state index contributed by atoms with van der Waals surface area (Å²) in [6, 6.07) is 0.271. The lowest BCUT2D eigenvalue weighted by atomic mass is 9.85. The molecule has 4 heteroatoms. The van der Waals surface area contributed by atoms with Gasteiger partial charge in [0.1, 0.15) is 0 Å². The molecule has 1 aliphatic rings. The van der Waals surface area contributed by atoms with E-state index in [9.17, 15) is 4.79 Å². The Balaban J connectivity index is 2.29. The molecule has 4 nitrogen and oxygen atoms in total. The summed E-state index contributed by atoms with van der Waals surface area (Å²) >= 11 is 0. The summed E-state index contributed by atoms with van der Waals surface area (Å²) in [6.07, 6.45) is 4.45. The van der Waals surface area contributed by atoms with Crippen molar-refractivity contribution in [1.82, 2.24) is 5.32 Å². The first kappa shape index (κ1) is 11.5. The molecule has 1 aliphatic carbocycles. The largest absolute Gasteiger partial charge is 0.468 e. The van der Waals surface area contributed by atoms with Crippen LogP contribution in [-0.2, 0) is 9.53 Å². The van der Waals surface area contributed by atoms with Crippen LogP contribution in [0.3, 0.4) is 0 Å². The highest BCUT2D eigenvalue weighted by molar-refractivity contribution is 5.71. The predicted octanol–water partition coefficient (Wildman–Crippen LogP) is 0.300. The molecule has 0 spiro atoms. The number of methoxy groups -OCH3 is 1. The fourth-order valence-corrected chi connectivity index (χ4v) is 1.98. The van der Waals surface area contributed by atoms with E-state index >= 15 is 0 Å². The molecule has 14 heavy (non-hydrogen) atoms. The zero-order valence-corrected chi connectivity index (χ0v) is 8.66. The van der Waals surface area contributed by atoms with Gasteiger partial charge in [0.2, 0.25) is 0 Å². The van der Waals surface area contributed by atoms with E-state index in [0.29, 0.717) is 5.92 Å². The fourth-order valence-electron chi connectivity index (χ4n) is 1.98. The molecule has 0 amide bonds. The van der Waals surface area contributed by atoms with Crippen molar-refractivity contribution in [2.24, 2.45) is 5.92 Å². The molecule has 0 aromatic carbocycles. The molecule has 0 aromatic rings. The summed E-state index contributed by atoms with van der Waals surface area (Å²) in [4.78, 5) is 10.9. The Morgan fingerprint density at radius 2 is 2.21 bits per heavy atom. The lowest BCUT2D eigenvalue weighted by Crippen LogP contribution is -2.42. The van der Waals surface area contributed by atoms with Gasteiger partial charge >= 0.3 is 5.97 Å². The van der Waals surface area contributed by atoms with Gasteiger partial charge in [0.25, 0.3) is 0 Å². The van der Waals surface area contributed by atoms with Gasteiger partial charge in [-0.3, -0.25) is 4.79 Å². The van der Waals surface area contributed by atoms with Crippen molar-refractivity contribution >= 4 is 5.97 Å². The van der Waals surface area contributed by atoms with Gasteiger partial charge in [0, 0.05) is 12.6 Å². The number of nitrogens with one attached hydrogen (secondary N) is 1. The van der Waals surface area contributed by atoms with Crippen LogP contribution in [-0.4, -0.2) is 37.4 Å². The number of aliphatic hydroxyl groups excluding tert-OH is 1. The maximum absolute atomic E-state index is 10.9. The monoisotopic (exact) mass is 201 g/mol. The van der Waals surface area contributed by atoms with E-state index < -0.39 is 0 Å². The molecule has 2 unspecified atom stereocenters. The minimum atomic E-state index is -0.243. The maximum Gasteiger partial charge on any atom is 0.319 e. The van der Waals surface area contributed by atoms with E-state index in [1.54, 1.807) is 0 Å². The van der Waals surface area contributed by atoms with Crippen molar-refractivity contribution in [2.75, 3.05) is 20.3 Å². The first-order chi connectivity index (χ1) is 6.77. The first-order valence-corrected chi connectivity index (χ1v) is 5.19. The van der Waals surface area contributed by atoms with Crippen LogP contribution in [0.1, 0.15) is 25.7 Å². The van der Waals surface area contributed by atoms with Gasteiger partial charge in [-0.25, -0.2) is 0 Å². The smallest absolute Gasteiger partial charge is 0.319 e. The molecule has 0 heterocycles. The summed E-state index contributed by atoms with van der Waals surface area (Å²) in [6.45, 7) is 0.455. The third kappa shape index (κ3) is 3.27. The molecule has 0 radical (unpaired) electrons. The minimum Gasteiger partial charge on any atom is -0.468 e. The zero-order chi connectivity index (χ0) is 10.4. The van der Waals surface area contributed by atoms with Crippen molar-refractivity contribution in [3.8, 4) is 0 Å². The van der Waals surface area contributed by atoms with Crippen LogP contribution in [0, 0.1) is 5.92 Å². The Labute approximate surface area is 84.6 Å². The second kappa shape index (κ2) is 5.98. The van der Waals surface area contributed by atoms with Gasteiger partial charge < -0.3 is 15.2 Å². The number of carbonyl (C=O) groups is 1. The van der Waals surface area contributed by atoms with Crippen molar-refractivity contribution in [3.05, 3.63) is 0 Å². The van der Waals surface area contributed by atoms with E-state index in [1.165, 1.54) is 20.0 Å². The van der Waals surface area contributed by atoms with Crippen LogP contribution in [0.2, 0.25) is 0 Å². The average Bonchev–Trinajstić information content (AvgIpc) is 2.26. The number of rotatable bonds is 4. The van der Waals surface area contributed by atoms with Crippen LogP contribution in [0.4, 0.5) is 0 Å². The topological polar surface area (TPSA) is 58.6 Å². The number of aliphatic hydroxyl groups is 1. The number of hydrogen-bond donors (Lipinski definition) is 2. The molecular weight excluding hydrogens is 182 g/mol.